The molecule has 0 amide bonds. The summed E-state index contributed by atoms with van der Waals surface area (Å²) in [5, 5.41) is 3.49. The molecule has 3 nitrogen and oxygen atoms in total. The summed E-state index contributed by atoms with van der Waals surface area (Å²) in [7, 11) is 4.49. The molecule has 0 aliphatic carbocycles. The van der Waals surface area contributed by atoms with Crippen LogP contribution in [-0.4, -0.2) is 50.1 Å². The summed E-state index contributed by atoms with van der Waals surface area (Å²) >= 11 is 0. The standard InChI is InChI=1S/C17H27N3/c1-19-9-7-15(12-19)13-20(2)11-14-5-6-17-16(10-14)4-3-8-18-17/h5-6,10,15,18H,3-4,7-9,11-13H2,1-2H3. The Bertz CT molecular complexity index is 458. The Labute approximate surface area is 123 Å². The topological polar surface area (TPSA) is 18.5 Å². The lowest BCUT2D eigenvalue weighted by Gasteiger charge is -2.23. The van der Waals surface area contributed by atoms with Crippen LogP contribution in [0.15, 0.2) is 18.2 Å². The highest BCUT2D eigenvalue weighted by atomic mass is 15.1. The van der Waals surface area contributed by atoms with Crippen molar-refractivity contribution >= 4 is 5.69 Å². The zero-order valence-corrected chi connectivity index (χ0v) is 12.9. The van der Waals surface area contributed by atoms with Gasteiger partial charge in [-0.3, -0.25) is 0 Å². The average Bonchev–Trinajstić information content (AvgIpc) is 2.83. The Hall–Kier alpha value is -1.06. The van der Waals surface area contributed by atoms with E-state index in [0.717, 1.165) is 19.0 Å². The first kappa shape index (κ1) is 13.9. The molecular weight excluding hydrogens is 246 g/mol. The largest absolute Gasteiger partial charge is 0.385 e. The molecule has 1 N–H and O–H groups in total. The van der Waals surface area contributed by atoms with Crippen molar-refractivity contribution in [2.24, 2.45) is 5.92 Å². The van der Waals surface area contributed by atoms with Crippen molar-refractivity contribution in [2.45, 2.75) is 25.8 Å². The number of fused-ring (bicyclic) bond motifs is 1. The highest BCUT2D eigenvalue weighted by molar-refractivity contribution is 5.54. The van der Waals surface area contributed by atoms with E-state index in [9.17, 15) is 0 Å². The molecule has 0 saturated carbocycles. The number of nitrogens with one attached hydrogen (secondary N) is 1. The third kappa shape index (κ3) is 3.33. The van der Waals surface area contributed by atoms with E-state index < -0.39 is 0 Å². The summed E-state index contributed by atoms with van der Waals surface area (Å²) < 4.78 is 0. The highest BCUT2D eigenvalue weighted by Crippen LogP contribution is 2.24. The van der Waals surface area contributed by atoms with Gasteiger partial charge in [-0.05, 0) is 63.0 Å². The van der Waals surface area contributed by atoms with Crippen LogP contribution in [0, 0.1) is 5.92 Å². The molecule has 1 fully saturated rings. The van der Waals surface area contributed by atoms with E-state index in [-0.39, 0.29) is 0 Å². The van der Waals surface area contributed by atoms with Crippen LogP contribution in [0.25, 0.3) is 0 Å². The third-order valence-electron chi connectivity index (χ3n) is 4.62. The maximum Gasteiger partial charge on any atom is 0.0372 e. The van der Waals surface area contributed by atoms with Crippen LogP contribution in [-0.2, 0) is 13.0 Å². The summed E-state index contributed by atoms with van der Waals surface area (Å²) in [6, 6.07) is 6.95. The lowest BCUT2D eigenvalue weighted by atomic mass is 10.0. The van der Waals surface area contributed by atoms with Crippen LogP contribution in [0.2, 0.25) is 0 Å². The summed E-state index contributed by atoms with van der Waals surface area (Å²) in [4.78, 5) is 4.94. The highest BCUT2D eigenvalue weighted by Gasteiger charge is 2.20. The van der Waals surface area contributed by atoms with Crippen LogP contribution in [0.3, 0.4) is 0 Å². The van der Waals surface area contributed by atoms with Gasteiger partial charge < -0.3 is 15.1 Å². The molecule has 0 radical (unpaired) electrons. The second-order valence-electron chi connectivity index (χ2n) is 6.64. The SMILES string of the molecule is CN1CCC(CN(C)Cc2ccc3c(c2)CCCN3)C1. The van der Waals surface area contributed by atoms with Gasteiger partial charge in [-0.15, -0.1) is 0 Å². The Balaban J connectivity index is 1.57. The molecule has 0 spiro atoms. The summed E-state index contributed by atoms with van der Waals surface area (Å²) in [6.07, 6.45) is 3.85. The van der Waals surface area contributed by atoms with Crippen molar-refractivity contribution in [3.8, 4) is 0 Å². The number of benzene rings is 1. The number of hydrogen-bond donors (Lipinski definition) is 1. The van der Waals surface area contributed by atoms with Crippen molar-refractivity contribution < 1.29 is 0 Å². The third-order valence-corrected chi connectivity index (χ3v) is 4.62. The molecule has 110 valence electrons. The zero-order valence-electron chi connectivity index (χ0n) is 12.9. The molecule has 20 heavy (non-hydrogen) atoms. The van der Waals surface area contributed by atoms with Gasteiger partial charge in [-0.25, -0.2) is 0 Å². The number of rotatable bonds is 4. The van der Waals surface area contributed by atoms with Crippen LogP contribution in [0.5, 0.6) is 0 Å². The maximum absolute atomic E-state index is 3.49. The van der Waals surface area contributed by atoms with Crippen molar-refractivity contribution in [2.75, 3.05) is 45.6 Å². The minimum atomic E-state index is 0.851. The fraction of sp³-hybridized carbons (Fsp3) is 0.647. The van der Waals surface area contributed by atoms with Gasteiger partial charge in [-0.2, -0.15) is 0 Å². The van der Waals surface area contributed by atoms with E-state index in [1.165, 1.54) is 55.7 Å². The van der Waals surface area contributed by atoms with Gasteiger partial charge in [0.05, 0.1) is 0 Å². The van der Waals surface area contributed by atoms with Crippen molar-refractivity contribution in [3.63, 3.8) is 0 Å². The fourth-order valence-corrected chi connectivity index (χ4v) is 3.62. The van der Waals surface area contributed by atoms with E-state index in [2.05, 4.69) is 47.4 Å². The van der Waals surface area contributed by atoms with E-state index >= 15 is 0 Å². The Morgan fingerprint density at radius 1 is 1.40 bits per heavy atom. The van der Waals surface area contributed by atoms with Gasteiger partial charge in [0, 0.05) is 31.9 Å². The van der Waals surface area contributed by atoms with Gasteiger partial charge in [0.2, 0.25) is 0 Å². The van der Waals surface area contributed by atoms with E-state index in [4.69, 9.17) is 0 Å². The number of hydrogen-bond acceptors (Lipinski definition) is 3. The van der Waals surface area contributed by atoms with E-state index in [0.29, 0.717) is 0 Å². The smallest absolute Gasteiger partial charge is 0.0372 e. The predicted octanol–water partition coefficient (Wildman–Crippen LogP) is 2.43. The first-order chi connectivity index (χ1) is 9.70. The maximum atomic E-state index is 3.49. The summed E-state index contributed by atoms with van der Waals surface area (Å²) in [5.74, 6) is 0.851. The van der Waals surface area contributed by atoms with Crippen molar-refractivity contribution in [3.05, 3.63) is 29.3 Å². The molecule has 1 unspecified atom stereocenters. The predicted molar refractivity (Wildman–Crippen MR) is 85.2 cm³/mol. The molecule has 1 aromatic carbocycles. The Kier molecular flexibility index (Phi) is 4.27. The Morgan fingerprint density at radius 3 is 3.10 bits per heavy atom. The molecule has 2 aliphatic heterocycles. The summed E-state index contributed by atoms with van der Waals surface area (Å²) in [5.41, 5.74) is 4.31. The van der Waals surface area contributed by atoms with Crippen molar-refractivity contribution in [1.82, 2.24) is 9.80 Å². The van der Waals surface area contributed by atoms with Gasteiger partial charge in [-0.1, -0.05) is 12.1 Å². The molecule has 2 aliphatic rings. The molecule has 3 heteroatoms. The van der Waals surface area contributed by atoms with Crippen LogP contribution >= 0.6 is 0 Å². The van der Waals surface area contributed by atoms with Crippen LogP contribution < -0.4 is 5.32 Å². The summed E-state index contributed by atoms with van der Waals surface area (Å²) in [6.45, 7) is 5.95. The number of anilines is 1. The molecule has 1 aromatic rings. The van der Waals surface area contributed by atoms with Gasteiger partial charge in [0.15, 0.2) is 0 Å². The first-order valence-corrected chi connectivity index (χ1v) is 7.93. The second kappa shape index (κ2) is 6.15. The minimum absolute atomic E-state index is 0.851. The molecule has 1 saturated heterocycles. The minimum Gasteiger partial charge on any atom is -0.385 e. The normalized spacial score (nSPS) is 22.9. The molecule has 2 heterocycles. The molecule has 0 aromatic heterocycles. The van der Waals surface area contributed by atoms with Crippen molar-refractivity contribution in [1.29, 1.82) is 0 Å². The molecule has 3 rings (SSSR count). The molecule has 0 bridgehead atoms. The van der Waals surface area contributed by atoms with Crippen LogP contribution in [0.4, 0.5) is 5.69 Å². The number of nitrogens with zero attached hydrogens (tertiary/aromatic N) is 2. The van der Waals surface area contributed by atoms with Gasteiger partial charge in [0.25, 0.3) is 0 Å². The van der Waals surface area contributed by atoms with E-state index in [1.54, 1.807) is 0 Å². The van der Waals surface area contributed by atoms with Gasteiger partial charge >= 0.3 is 0 Å². The average molecular weight is 273 g/mol. The number of likely N-dealkylation sites (tertiary alicyclic amines) is 1. The zero-order chi connectivity index (χ0) is 13.9. The number of aryl methyl sites for hydroxylation is 1. The molecular formula is C17H27N3. The lowest BCUT2D eigenvalue weighted by molar-refractivity contribution is 0.267. The lowest BCUT2D eigenvalue weighted by Crippen LogP contribution is -2.27. The molecule has 1 atom stereocenters. The van der Waals surface area contributed by atoms with Crippen LogP contribution in [0.1, 0.15) is 24.0 Å². The quantitative estimate of drug-likeness (QED) is 0.909. The van der Waals surface area contributed by atoms with Gasteiger partial charge in [0.1, 0.15) is 0 Å². The monoisotopic (exact) mass is 273 g/mol. The first-order valence-electron chi connectivity index (χ1n) is 7.93. The van der Waals surface area contributed by atoms with E-state index in [1.807, 2.05) is 0 Å². The Morgan fingerprint density at radius 2 is 2.30 bits per heavy atom. The fourth-order valence-electron chi connectivity index (χ4n) is 3.62. The second-order valence-corrected chi connectivity index (χ2v) is 6.64.